The summed E-state index contributed by atoms with van der Waals surface area (Å²) in [5, 5.41) is 3.18. The zero-order valence-corrected chi connectivity index (χ0v) is 14.8. The monoisotopic (exact) mass is 334 g/mol. The van der Waals surface area contributed by atoms with E-state index in [4.69, 9.17) is 15.2 Å². The lowest BCUT2D eigenvalue weighted by Gasteiger charge is -2.34. The summed E-state index contributed by atoms with van der Waals surface area (Å²) in [6.07, 6.45) is 2.24. The fourth-order valence-corrected chi connectivity index (χ4v) is 2.78. The first kappa shape index (κ1) is 18.5. The van der Waals surface area contributed by atoms with Crippen LogP contribution in [0.2, 0.25) is 0 Å². The molecule has 2 rings (SSSR count). The molecule has 1 aromatic carbocycles. The van der Waals surface area contributed by atoms with E-state index in [2.05, 4.69) is 34.3 Å². The van der Waals surface area contributed by atoms with Crippen molar-refractivity contribution in [2.45, 2.75) is 25.8 Å². The van der Waals surface area contributed by atoms with Gasteiger partial charge in [0.2, 0.25) is 0 Å². The van der Waals surface area contributed by atoms with Crippen LogP contribution in [0.4, 0.5) is 0 Å². The number of rotatable bonds is 8. The highest BCUT2D eigenvalue weighted by atomic mass is 16.5. The second kappa shape index (κ2) is 10.2. The normalized spacial score (nSPS) is 17.5. The summed E-state index contributed by atoms with van der Waals surface area (Å²) in [7, 11) is 1.68. The molecule has 1 unspecified atom stereocenters. The van der Waals surface area contributed by atoms with Crippen LogP contribution in [0.3, 0.4) is 0 Å². The molecule has 0 radical (unpaired) electrons. The van der Waals surface area contributed by atoms with Crippen LogP contribution in [-0.4, -0.2) is 57.4 Å². The maximum atomic E-state index is 5.99. The number of nitrogens with two attached hydrogens (primary N) is 1. The van der Waals surface area contributed by atoms with E-state index in [9.17, 15) is 0 Å². The number of aliphatic imine (C=N–C) groups is 1. The van der Waals surface area contributed by atoms with E-state index < -0.39 is 0 Å². The number of nitrogens with one attached hydrogen (secondary N) is 1. The number of guanidine groups is 1. The minimum atomic E-state index is 0.200. The maximum absolute atomic E-state index is 5.99. The molecule has 1 aliphatic heterocycles. The molecule has 0 bridgehead atoms. The van der Waals surface area contributed by atoms with Gasteiger partial charge in [0.15, 0.2) is 5.96 Å². The molecular formula is C18H30N4O2. The van der Waals surface area contributed by atoms with Crippen LogP contribution in [0.1, 0.15) is 31.4 Å². The van der Waals surface area contributed by atoms with E-state index in [1.807, 2.05) is 12.1 Å². The van der Waals surface area contributed by atoms with E-state index in [0.29, 0.717) is 12.5 Å². The fourth-order valence-electron chi connectivity index (χ4n) is 2.78. The Morgan fingerprint density at radius 3 is 2.67 bits per heavy atom. The molecule has 6 nitrogen and oxygen atoms in total. The Bertz CT molecular complexity index is 498. The lowest BCUT2D eigenvalue weighted by Crippen LogP contribution is -2.41. The number of nitrogens with zero attached hydrogens (tertiary/aromatic N) is 2. The summed E-state index contributed by atoms with van der Waals surface area (Å²) < 4.78 is 10.7. The van der Waals surface area contributed by atoms with Crippen LogP contribution >= 0.6 is 0 Å². The topological polar surface area (TPSA) is 72.1 Å². The van der Waals surface area contributed by atoms with Gasteiger partial charge in [0.25, 0.3) is 0 Å². The van der Waals surface area contributed by atoms with Crippen molar-refractivity contribution in [1.29, 1.82) is 0 Å². The predicted octanol–water partition coefficient (Wildman–Crippen LogP) is 1.77. The van der Waals surface area contributed by atoms with E-state index in [1.54, 1.807) is 7.11 Å². The summed E-state index contributed by atoms with van der Waals surface area (Å²) in [6, 6.07) is 8.40. The second-order valence-corrected chi connectivity index (χ2v) is 5.94. The number of unbranched alkanes of at least 4 members (excludes halogenated alkanes) is 1. The van der Waals surface area contributed by atoms with Gasteiger partial charge < -0.3 is 20.5 Å². The van der Waals surface area contributed by atoms with Crippen LogP contribution in [-0.2, 0) is 4.74 Å². The standard InChI is InChI=1S/C18H30N4O2/c1-3-4-9-20-18(19)21-14-17(22-10-12-24-13-11-22)15-5-7-16(23-2)8-6-15/h5-8,17H,3-4,9-14H2,1-2H3,(H3,19,20,21). The second-order valence-electron chi connectivity index (χ2n) is 5.94. The van der Waals surface area contributed by atoms with Crippen molar-refractivity contribution in [1.82, 2.24) is 10.2 Å². The molecule has 24 heavy (non-hydrogen) atoms. The van der Waals surface area contributed by atoms with Gasteiger partial charge >= 0.3 is 0 Å². The summed E-state index contributed by atoms with van der Waals surface area (Å²) >= 11 is 0. The number of morpholine rings is 1. The highest BCUT2D eigenvalue weighted by Crippen LogP contribution is 2.24. The Labute approximate surface area is 145 Å². The third-order valence-electron chi connectivity index (χ3n) is 4.26. The Kier molecular flexibility index (Phi) is 7.85. The molecule has 0 amide bonds. The quantitative estimate of drug-likeness (QED) is 0.431. The summed E-state index contributed by atoms with van der Waals surface area (Å²) in [5.41, 5.74) is 7.22. The van der Waals surface area contributed by atoms with Crippen LogP contribution in [0, 0.1) is 0 Å². The Balaban J connectivity index is 2.05. The molecule has 1 heterocycles. The highest BCUT2D eigenvalue weighted by molar-refractivity contribution is 5.77. The zero-order valence-electron chi connectivity index (χ0n) is 14.8. The van der Waals surface area contributed by atoms with Crippen LogP contribution in [0.15, 0.2) is 29.3 Å². The predicted molar refractivity (Wildman–Crippen MR) is 97.5 cm³/mol. The molecule has 1 saturated heterocycles. The fraction of sp³-hybridized carbons (Fsp3) is 0.611. The van der Waals surface area contributed by atoms with Crippen molar-refractivity contribution in [3.8, 4) is 5.75 Å². The lowest BCUT2D eigenvalue weighted by atomic mass is 10.0. The minimum Gasteiger partial charge on any atom is -0.497 e. The van der Waals surface area contributed by atoms with Gasteiger partial charge in [-0.1, -0.05) is 25.5 Å². The summed E-state index contributed by atoms with van der Waals surface area (Å²) in [6.45, 7) is 7.02. The molecule has 6 heteroatoms. The summed E-state index contributed by atoms with van der Waals surface area (Å²) in [5.74, 6) is 1.39. The van der Waals surface area contributed by atoms with Crippen molar-refractivity contribution >= 4 is 5.96 Å². The van der Waals surface area contributed by atoms with Gasteiger partial charge in [-0.2, -0.15) is 0 Å². The van der Waals surface area contributed by atoms with E-state index in [0.717, 1.165) is 51.4 Å². The van der Waals surface area contributed by atoms with Gasteiger partial charge in [0.05, 0.1) is 32.9 Å². The minimum absolute atomic E-state index is 0.200. The number of benzene rings is 1. The molecule has 0 aliphatic carbocycles. The van der Waals surface area contributed by atoms with Gasteiger partial charge in [0.1, 0.15) is 5.75 Å². The molecule has 0 saturated carbocycles. The van der Waals surface area contributed by atoms with Crippen LogP contribution in [0.5, 0.6) is 5.75 Å². The Morgan fingerprint density at radius 2 is 2.04 bits per heavy atom. The SMILES string of the molecule is CCCCNC(N)=NCC(c1ccc(OC)cc1)N1CCOCC1. The molecule has 0 aromatic heterocycles. The van der Waals surface area contributed by atoms with E-state index in [-0.39, 0.29) is 6.04 Å². The Morgan fingerprint density at radius 1 is 1.33 bits per heavy atom. The van der Waals surface area contributed by atoms with Crippen molar-refractivity contribution in [3.05, 3.63) is 29.8 Å². The average molecular weight is 334 g/mol. The first-order valence-electron chi connectivity index (χ1n) is 8.74. The highest BCUT2D eigenvalue weighted by Gasteiger charge is 2.22. The molecule has 1 atom stereocenters. The number of ether oxygens (including phenoxy) is 2. The number of hydrogen-bond donors (Lipinski definition) is 2. The molecule has 1 aliphatic rings. The smallest absolute Gasteiger partial charge is 0.188 e. The first-order valence-corrected chi connectivity index (χ1v) is 8.74. The molecule has 1 fully saturated rings. The van der Waals surface area contributed by atoms with Crippen molar-refractivity contribution in [2.75, 3.05) is 46.5 Å². The van der Waals surface area contributed by atoms with Crippen LogP contribution in [0.25, 0.3) is 0 Å². The molecular weight excluding hydrogens is 304 g/mol. The van der Waals surface area contributed by atoms with Crippen molar-refractivity contribution in [2.24, 2.45) is 10.7 Å². The van der Waals surface area contributed by atoms with Crippen molar-refractivity contribution < 1.29 is 9.47 Å². The lowest BCUT2D eigenvalue weighted by molar-refractivity contribution is 0.0180. The van der Waals surface area contributed by atoms with Gasteiger partial charge in [-0.05, 0) is 24.1 Å². The maximum Gasteiger partial charge on any atom is 0.188 e. The van der Waals surface area contributed by atoms with E-state index >= 15 is 0 Å². The number of methoxy groups -OCH3 is 1. The van der Waals surface area contributed by atoms with Gasteiger partial charge in [-0.15, -0.1) is 0 Å². The third kappa shape index (κ3) is 5.69. The van der Waals surface area contributed by atoms with Gasteiger partial charge in [0, 0.05) is 19.6 Å². The van der Waals surface area contributed by atoms with Gasteiger partial charge in [-0.3, -0.25) is 9.89 Å². The average Bonchev–Trinajstić information content (AvgIpc) is 2.63. The molecule has 134 valence electrons. The molecule has 0 spiro atoms. The molecule has 1 aromatic rings. The number of hydrogen-bond acceptors (Lipinski definition) is 4. The third-order valence-corrected chi connectivity index (χ3v) is 4.26. The zero-order chi connectivity index (χ0) is 17.2. The van der Waals surface area contributed by atoms with Crippen molar-refractivity contribution in [3.63, 3.8) is 0 Å². The molecule has 3 N–H and O–H groups in total. The largest absolute Gasteiger partial charge is 0.497 e. The van der Waals surface area contributed by atoms with Crippen LogP contribution < -0.4 is 15.8 Å². The van der Waals surface area contributed by atoms with Gasteiger partial charge in [-0.25, -0.2) is 0 Å². The Hall–Kier alpha value is -1.79. The first-order chi connectivity index (χ1) is 11.7. The van der Waals surface area contributed by atoms with E-state index in [1.165, 1.54) is 5.56 Å². The summed E-state index contributed by atoms with van der Waals surface area (Å²) in [4.78, 5) is 6.97.